The highest BCUT2D eigenvalue weighted by molar-refractivity contribution is 6.36. The molecule has 3 aromatic carbocycles. The van der Waals surface area contributed by atoms with Crippen molar-refractivity contribution in [3.8, 4) is 16.9 Å². The molecule has 0 aromatic heterocycles. The summed E-state index contributed by atoms with van der Waals surface area (Å²) in [5, 5.41) is 13.0. The molecule has 5 nitrogen and oxygen atoms in total. The van der Waals surface area contributed by atoms with Crippen LogP contribution in [-0.2, 0) is 6.54 Å². The molecule has 166 valence electrons. The Hall–Kier alpha value is -3.02. The Bertz CT molecular complexity index is 1170. The molecule has 0 bridgehead atoms. The smallest absolute Gasteiger partial charge is 0.335 e. The van der Waals surface area contributed by atoms with Gasteiger partial charge in [-0.25, -0.2) is 4.79 Å². The lowest BCUT2D eigenvalue weighted by atomic mass is 9.98. The Morgan fingerprint density at radius 1 is 0.969 bits per heavy atom. The number of carboxylic acid groups (broad SMARTS) is 1. The molecule has 32 heavy (non-hydrogen) atoms. The van der Waals surface area contributed by atoms with Gasteiger partial charge in [-0.1, -0.05) is 41.4 Å². The normalized spacial score (nSPS) is 10.8. The van der Waals surface area contributed by atoms with Gasteiger partial charge < -0.3 is 15.2 Å². The van der Waals surface area contributed by atoms with Gasteiger partial charge in [-0.2, -0.15) is 0 Å². The monoisotopic (exact) mass is 471 g/mol. The third kappa shape index (κ3) is 5.61. The molecule has 0 aliphatic carbocycles. The lowest BCUT2D eigenvalue weighted by Gasteiger charge is -2.17. The zero-order valence-corrected chi connectivity index (χ0v) is 19.4. The van der Waals surface area contributed by atoms with E-state index in [9.17, 15) is 14.7 Å². The second kappa shape index (κ2) is 10.1. The van der Waals surface area contributed by atoms with E-state index in [0.29, 0.717) is 21.9 Å². The summed E-state index contributed by atoms with van der Waals surface area (Å²) in [6.45, 7) is 5.80. The summed E-state index contributed by atoms with van der Waals surface area (Å²) >= 11 is 12.1. The minimum Gasteiger partial charge on any atom is -0.491 e. The van der Waals surface area contributed by atoms with E-state index in [1.165, 1.54) is 6.07 Å². The third-order valence-electron chi connectivity index (χ3n) is 4.84. The number of amides is 1. The van der Waals surface area contributed by atoms with E-state index in [2.05, 4.69) is 5.32 Å². The maximum absolute atomic E-state index is 12.7. The highest BCUT2D eigenvalue weighted by Crippen LogP contribution is 2.29. The van der Waals surface area contributed by atoms with Crippen molar-refractivity contribution in [1.82, 2.24) is 5.32 Å². The predicted molar refractivity (Wildman–Crippen MR) is 127 cm³/mol. The Kier molecular flexibility index (Phi) is 7.44. The first-order chi connectivity index (χ1) is 15.2. The van der Waals surface area contributed by atoms with Crippen molar-refractivity contribution in [1.29, 1.82) is 0 Å². The zero-order valence-electron chi connectivity index (χ0n) is 17.9. The van der Waals surface area contributed by atoms with Gasteiger partial charge in [0.25, 0.3) is 5.91 Å². The Morgan fingerprint density at radius 2 is 1.66 bits per heavy atom. The molecule has 2 N–H and O–H groups in total. The minimum absolute atomic E-state index is 0.0565. The van der Waals surface area contributed by atoms with Crippen LogP contribution in [0.4, 0.5) is 0 Å². The van der Waals surface area contributed by atoms with E-state index in [1.54, 1.807) is 31.2 Å². The second-order valence-corrected chi connectivity index (χ2v) is 8.47. The van der Waals surface area contributed by atoms with Crippen LogP contribution in [0.2, 0.25) is 10.0 Å². The molecule has 0 spiro atoms. The van der Waals surface area contributed by atoms with Crippen molar-refractivity contribution in [3.63, 3.8) is 0 Å². The lowest BCUT2D eigenvalue weighted by molar-refractivity contribution is 0.0696. The number of benzene rings is 3. The third-order valence-corrected chi connectivity index (χ3v) is 5.39. The van der Waals surface area contributed by atoms with Crippen LogP contribution in [0.5, 0.6) is 5.75 Å². The molecule has 0 fully saturated rings. The van der Waals surface area contributed by atoms with Crippen molar-refractivity contribution in [2.75, 3.05) is 0 Å². The van der Waals surface area contributed by atoms with Crippen LogP contribution in [-0.4, -0.2) is 23.1 Å². The molecular formula is C25H23Cl2NO4. The summed E-state index contributed by atoms with van der Waals surface area (Å²) in [5.41, 5.74) is 3.59. The molecule has 7 heteroatoms. The Labute approximate surface area is 196 Å². The number of halogens is 2. The highest BCUT2D eigenvalue weighted by Gasteiger charge is 2.15. The molecule has 0 saturated heterocycles. The van der Waals surface area contributed by atoms with Crippen LogP contribution in [0.15, 0.2) is 54.6 Å². The maximum Gasteiger partial charge on any atom is 0.335 e. The summed E-state index contributed by atoms with van der Waals surface area (Å²) in [4.78, 5) is 24.2. The van der Waals surface area contributed by atoms with Gasteiger partial charge in [0.2, 0.25) is 0 Å². The van der Waals surface area contributed by atoms with Crippen molar-refractivity contribution in [3.05, 3.63) is 86.9 Å². The number of hydrogen-bond donors (Lipinski definition) is 2. The molecule has 3 aromatic rings. The largest absolute Gasteiger partial charge is 0.491 e. The quantitative estimate of drug-likeness (QED) is 0.418. The average molecular weight is 472 g/mol. The number of aryl methyl sites for hydroxylation is 1. The first-order valence-corrected chi connectivity index (χ1v) is 10.8. The van der Waals surface area contributed by atoms with Gasteiger partial charge in [0.1, 0.15) is 5.75 Å². The van der Waals surface area contributed by atoms with E-state index < -0.39 is 5.97 Å². The van der Waals surface area contributed by atoms with Gasteiger partial charge in [0.05, 0.1) is 22.3 Å². The summed E-state index contributed by atoms with van der Waals surface area (Å²) in [7, 11) is 0. The molecule has 0 radical (unpaired) electrons. The average Bonchev–Trinajstić information content (AvgIpc) is 2.72. The summed E-state index contributed by atoms with van der Waals surface area (Å²) in [6.07, 6.45) is -0.0565. The van der Waals surface area contributed by atoms with E-state index in [-0.39, 0.29) is 29.1 Å². The SMILES string of the molecule is Cc1ccc(-c2ccc(OC(C)C)c(CNC(=O)c3ccc(Cl)cc3Cl)c2)cc1C(=O)O. The van der Waals surface area contributed by atoms with Crippen LogP contribution in [0, 0.1) is 6.92 Å². The van der Waals surface area contributed by atoms with Gasteiger partial charge in [0, 0.05) is 17.1 Å². The van der Waals surface area contributed by atoms with Crippen LogP contribution in [0.1, 0.15) is 45.7 Å². The summed E-state index contributed by atoms with van der Waals surface area (Å²) in [6, 6.07) is 15.6. The number of rotatable bonds is 7. The van der Waals surface area contributed by atoms with Crippen molar-refractivity contribution in [2.45, 2.75) is 33.4 Å². The molecule has 0 atom stereocenters. The molecular weight excluding hydrogens is 449 g/mol. The van der Waals surface area contributed by atoms with Crippen LogP contribution < -0.4 is 10.1 Å². The number of carboxylic acids is 1. The van der Waals surface area contributed by atoms with E-state index in [4.69, 9.17) is 27.9 Å². The van der Waals surface area contributed by atoms with Gasteiger partial charge in [-0.3, -0.25) is 4.79 Å². The molecule has 0 aliphatic rings. The van der Waals surface area contributed by atoms with Gasteiger partial charge in [0.15, 0.2) is 0 Å². The molecule has 0 heterocycles. The Morgan fingerprint density at radius 3 is 2.31 bits per heavy atom. The predicted octanol–water partition coefficient (Wildman–Crippen LogP) is 6.38. The number of nitrogens with one attached hydrogen (secondary N) is 1. The van der Waals surface area contributed by atoms with E-state index in [0.717, 1.165) is 16.7 Å². The summed E-state index contributed by atoms with van der Waals surface area (Å²) < 4.78 is 5.91. The molecule has 1 amide bonds. The van der Waals surface area contributed by atoms with Gasteiger partial charge in [-0.15, -0.1) is 0 Å². The van der Waals surface area contributed by atoms with Gasteiger partial charge in [-0.05, 0) is 73.9 Å². The zero-order chi connectivity index (χ0) is 23.4. The Balaban J connectivity index is 1.92. The molecule has 0 saturated carbocycles. The van der Waals surface area contributed by atoms with Crippen LogP contribution in [0.25, 0.3) is 11.1 Å². The maximum atomic E-state index is 12.7. The lowest BCUT2D eigenvalue weighted by Crippen LogP contribution is -2.23. The number of ether oxygens (including phenoxy) is 1. The van der Waals surface area contributed by atoms with Crippen LogP contribution >= 0.6 is 23.2 Å². The molecule has 0 unspecified atom stereocenters. The summed E-state index contributed by atoms with van der Waals surface area (Å²) in [5.74, 6) is -0.677. The highest BCUT2D eigenvalue weighted by atomic mass is 35.5. The first kappa shape index (κ1) is 23.6. The van der Waals surface area contributed by atoms with E-state index in [1.807, 2.05) is 38.1 Å². The topological polar surface area (TPSA) is 75.6 Å². The van der Waals surface area contributed by atoms with Gasteiger partial charge >= 0.3 is 5.97 Å². The van der Waals surface area contributed by atoms with E-state index >= 15 is 0 Å². The fourth-order valence-corrected chi connectivity index (χ4v) is 3.74. The first-order valence-electron chi connectivity index (χ1n) is 10.0. The standard InChI is InChI=1S/C25H23Cl2NO4/c1-14(2)32-23-9-6-16(17-5-4-15(3)21(11-17)25(30)31)10-18(23)13-28-24(29)20-8-7-19(26)12-22(20)27/h4-12,14H,13H2,1-3H3,(H,28,29)(H,30,31). The van der Waals surface area contributed by atoms with Crippen molar-refractivity contribution in [2.24, 2.45) is 0 Å². The van der Waals surface area contributed by atoms with Crippen LogP contribution in [0.3, 0.4) is 0 Å². The number of aromatic carboxylic acids is 1. The molecule has 0 aliphatic heterocycles. The fraction of sp³-hybridized carbons (Fsp3) is 0.200. The van der Waals surface area contributed by atoms with Crippen molar-refractivity contribution < 1.29 is 19.4 Å². The number of carbonyl (C=O) groups excluding carboxylic acids is 1. The van der Waals surface area contributed by atoms with Crippen molar-refractivity contribution >= 4 is 35.1 Å². The number of hydrogen-bond acceptors (Lipinski definition) is 3. The molecule has 3 rings (SSSR count). The fourth-order valence-electron chi connectivity index (χ4n) is 3.24. The second-order valence-electron chi connectivity index (χ2n) is 7.63. The minimum atomic E-state index is -0.976. The number of carbonyl (C=O) groups is 2.